The topological polar surface area (TPSA) is 20.3 Å². The molecule has 3 rings (SSSR count). The first-order valence-electron chi connectivity index (χ1n) is 7.31. The van der Waals surface area contributed by atoms with Gasteiger partial charge in [-0.25, -0.2) is 0 Å². The largest absolute Gasteiger partial charge is 0.305 e. The Hall–Kier alpha value is -2.03. The van der Waals surface area contributed by atoms with E-state index in [1.165, 1.54) is 0 Å². The minimum Gasteiger partial charge on any atom is -0.305 e. The van der Waals surface area contributed by atoms with E-state index in [0.717, 1.165) is 34.4 Å². The van der Waals surface area contributed by atoms with E-state index in [1.807, 2.05) is 61.2 Å². The highest BCUT2D eigenvalue weighted by molar-refractivity contribution is 6.13. The summed E-state index contributed by atoms with van der Waals surface area (Å²) in [5, 5.41) is 0. The van der Waals surface area contributed by atoms with E-state index in [2.05, 4.69) is 0 Å². The molecule has 0 aliphatic carbocycles. The number of hydrogen-bond acceptors (Lipinski definition) is 1. The Morgan fingerprint density at radius 1 is 1.10 bits per heavy atom. The first kappa shape index (κ1) is 13.9. The second kappa shape index (κ2) is 5.40. The molecule has 0 N–H and O–H groups in total. The van der Waals surface area contributed by atoms with Gasteiger partial charge in [0.25, 0.3) is 5.91 Å². The molecule has 0 saturated heterocycles. The van der Waals surface area contributed by atoms with Crippen molar-refractivity contribution in [2.45, 2.75) is 32.6 Å². The minimum atomic E-state index is 0.0212. The van der Waals surface area contributed by atoms with Crippen LogP contribution >= 0.6 is 0 Å². The van der Waals surface area contributed by atoms with Crippen molar-refractivity contribution in [1.82, 2.24) is 0 Å². The van der Waals surface area contributed by atoms with Crippen molar-refractivity contribution in [2.24, 2.45) is 0 Å². The van der Waals surface area contributed by atoms with Crippen LogP contribution in [0, 0.1) is 13.8 Å². The van der Waals surface area contributed by atoms with Gasteiger partial charge in [0.2, 0.25) is 0 Å². The number of carbonyl (C=O) groups is 1. The van der Waals surface area contributed by atoms with Gasteiger partial charge >= 0.3 is 0 Å². The lowest BCUT2D eigenvalue weighted by Gasteiger charge is -2.38. The molecule has 2 aromatic rings. The Balaban J connectivity index is 2.15. The monoisotopic (exact) mass is 275 g/mol. The maximum Gasteiger partial charge on any atom is 0.259 e. The third-order valence-electron chi connectivity index (χ3n) is 4.26. The van der Waals surface area contributed by atoms with Gasteiger partial charge in [-0.2, -0.15) is 0 Å². The number of nitrogens with zero attached hydrogens (tertiary/aromatic N) is 1. The van der Waals surface area contributed by atoms with Crippen LogP contribution in [0.25, 0.3) is 0 Å². The average molecular weight is 275 g/mol. The molecule has 1 aliphatic rings. The van der Waals surface area contributed by atoms with Gasteiger partial charge in [0, 0.05) is 17.3 Å². The quantitative estimate of drug-likeness (QED) is 0.768. The average Bonchev–Trinajstić information content (AvgIpc) is 2.48. The summed E-state index contributed by atoms with van der Waals surface area (Å²) in [7, 11) is 5.94. The Labute approximate surface area is 127 Å². The van der Waals surface area contributed by atoms with Crippen molar-refractivity contribution in [1.29, 1.82) is 0 Å². The molecule has 0 saturated carbocycles. The predicted octanol–water partition coefficient (Wildman–Crippen LogP) is 3.46. The fourth-order valence-electron chi connectivity index (χ4n) is 3.16. The van der Waals surface area contributed by atoms with Crippen LogP contribution in [0.2, 0.25) is 6.32 Å². The maximum absolute atomic E-state index is 13.0. The van der Waals surface area contributed by atoms with Crippen LogP contribution in [-0.4, -0.2) is 19.8 Å². The second-order valence-corrected chi connectivity index (χ2v) is 5.66. The van der Waals surface area contributed by atoms with E-state index in [4.69, 9.17) is 7.85 Å². The molecule has 0 spiro atoms. The smallest absolute Gasteiger partial charge is 0.259 e. The molecule has 1 unspecified atom stereocenters. The fraction of sp³-hybridized carbons (Fsp3) is 0.278. The summed E-state index contributed by atoms with van der Waals surface area (Å²) < 4.78 is 0. The second-order valence-electron chi connectivity index (χ2n) is 5.66. The molecule has 1 amide bonds. The Bertz CT molecular complexity index is 695. The summed E-state index contributed by atoms with van der Waals surface area (Å²) in [6, 6.07) is 14.1. The zero-order valence-electron chi connectivity index (χ0n) is 12.5. The number of aryl methyl sites for hydroxylation is 2. The summed E-state index contributed by atoms with van der Waals surface area (Å²) in [5.41, 5.74) is 5.05. The lowest BCUT2D eigenvalue weighted by molar-refractivity contribution is 0.0969. The normalized spacial score (nSPS) is 17.7. The van der Waals surface area contributed by atoms with Crippen LogP contribution in [0.3, 0.4) is 0 Å². The van der Waals surface area contributed by atoms with Crippen molar-refractivity contribution in [3.05, 3.63) is 64.7 Å². The van der Waals surface area contributed by atoms with Crippen LogP contribution in [-0.2, 0) is 6.42 Å². The van der Waals surface area contributed by atoms with E-state index in [-0.39, 0.29) is 11.9 Å². The summed E-state index contributed by atoms with van der Waals surface area (Å²) in [6.07, 6.45) is 1.28. The molecular formula is C18H18BNO. The molecule has 0 fully saturated rings. The van der Waals surface area contributed by atoms with Crippen molar-refractivity contribution in [3.8, 4) is 0 Å². The van der Waals surface area contributed by atoms with Gasteiger partial charge in [-0.15, -0.1) is 0 Å². The van der Waals surface area contributed by atoms with Crippen LogP contribution in [0.5, 0.6) is 0 Å². The number of para-hydroxylation sites is 1. The zero-order valence-corrected chi connectivity index (χ0v) is 12.5. The summed E-state index contributed by atoms with van der Waals surface area (Å²) in [5.74, 6) is 0.0686. The first-order chi connectivity index (χ1) is 10.1. The number of anilines is 1. The lowest BCUT2D eigenvalue weighted by Crippen LogP contribution is -2.46. The third-order valence-corrected chi connectivity index (χ3v) is 4.26. The summed E-state index contributed by atoms with van der Waals surface area (Å²) in [4.78, 5) is 14.9. The molecule has 2 nitrogen and oxygen atoms in total. The first-order valence-corrected chi connectivity index (χ1v) is 7.31. The van der Waals surface area contributed by atoms with E-state index >= 15 is 0 Å². The molecule has 1 aliphatic heterocycles. The maximum atomic E-state index is 13.0. The molecule has 2 radical (unpaired) electrons. The molecule has 0 bridgehead atoms. The third kappa shape index (κ3) is 2.27. The van der Waals surface area contributed by atoms with Gasteiger partial charge < -0.3 is 4.90 Å². The molecular weight excluding hydrogens is 257 g/mol. The van der Waals surface area contributed by atoms with E-state index in [9.17, 15) is 4.79 Å². The number of fused-ring (bicyclic) bond motifs is 1. The number of rotatable bonds is 2. The van der Waals surface area contributed by atoms with Gasteiger partial charge in [-0.1, -0.05) is 42.7 Å². The van der Waals surface area contributed by atoms with Gasteiger partial charge in [0.05, 0.1) is 7.85 Å². The van der Waals surface area contributed by atoms with Gasteiger partial charge in [0.1, 0.15) is 0 Å². The standard InChI is InChI=1S/C18H18BNO/c1-12-6-3-4-9-16(12)20-15(11-19)10-14-8-5-7-13(2)17(14)18(20)21/h3-9,15H,10-11H2,1-2H3. The van der Waals surface area contributed by atoms with Gasteiger partial charge in [0.15, 0.2) is 0 Å². The number of hydrogen-bond donors (Lipinski definition) is 0. The predicted molar refractivity (Wildman–Crippen MR) is 87.2 cm³/mol. The number of benzene rings is 2. The Morgan fingerprint density at radius 3 is 2.52 bits per heavy atom. The SMILES string of the molecule is [B]CC1Cc2cccc(C)c2C(=O)N1c1ccccc1C. The molecule has 1 heterocycles. The molecule has 21 heavy (non-hydrogen) atoms. The lowest BCUT2D eigenvalue weighted by atomic mass is 9.84. The summed E-state index contributed by atoms with van der Waals surface area (Å²) in [6.45, 7) is 4.03. The fourth-order valence-corrected chi connectivity index (χ4v) is 3.16. The Morgan fingerprint density at radius 2 is 1.81 bits per heavy atom. The molecule has 3 heteroatoms. The zero-order chi connectivity index (χ0) is 15.0. The van der Waals surface area contributed by atoms with Gasteiger partial charge in [-0.3, -0.25) is 4.79 Å². The van der Waals surface area contributed by atoms with Crippen molar-refractivity contribution >= 4 is 19.4 Å². The highest BCUT2D eigenvalue weighted by atomic mass is 16.2. The van der Waals surface area contributed by atoms with Crippen LogP contribution in [0.1, 0.15) is 27.0 Å². The van der Waals surface area contributed by atoms with Crippen LogP contribution < -0.4 is 4.90 Å². The highest BCUT2D eigenvalue weighted by Crippen LogP contribution is 2.32. The molecule has 1 atom stereocenters. The van der Waals surface area contributed by atoms with Crippen molar-refractivity contribution in [2.75, 3.05) is 4.90 Å². The highest BCUT2D eigenvalue weighted by Gasteiger charge is 2.33. The molecule has 0 aromatic heterocycles. The van der Waals surface area contributed by atoms with E-state index in [0.29, 0.717) is 6.32 Å². The molecule has 2 aromatic carbocycles. The molecule has 104 valence electrons. The van der Waals surface area contributed by atoms with Crippen molar-refractivity contribution < 1.29 is 4.79 Å². The van der Waals surface area contributed by atoms with Crippen molar-refractivity contribution in [3.63, 3.8) is 0 Å². The van der Waals surface area contributed by atoms with Crippen LogP contribution in [0.15, 0.2) is 42.5 Å². The number of carbonyl (C=O) groups excluding carboxylic acids is 1. The number of amides is 1. The van der Waals surface area contributed by atoms with Gasteiger partial charge in [-0.05, 0) is 43.0 Å². The Kier molecular flexibility index (Phi) is 3.58. The minimum absolute atomic E-state index is 0.0212. The van der Waals surface area contributed by atoms with E-state index < -0.39 is 0 Å². The van der Waals surface area contributed by atoms with Crippen LogP contribution in [0.4, 0.5) is 5.69 Å². The summed E-state index contributed by atoms with van der Waals surface area (Å²) >= 11 is 0. The van der Waals surface area contributed by atoms with E-state index in [1.54, 1.807) is 0 Å².